The van der Waals surface area contributed by atoms with Gasteiger partial charge in [0.25, 0.3) is 0 Å². The van der Waals surface area contributed by atoms with Crippen LogP contribution < -0.4 is 0 Å². The Hall–Kier alpha value is -5.49. The van der Waals surface area contributed by atoms with Crippen LogP contribution in [0, 0.1) is 12.1 Å². The van der Waals surface area contributed by atoms with Crippen molar-refractivity contribution in [3.8, 4) is 21.1 Å². The predicted octanol–water partition coefficient (Wildman–Crippen LogP) is 11.1. The minimum atomic E-state index is -0.609. The summed E-state index contributed by atoms with van der Waals surface area (Å²) in [7, 11) is 0. The molecule has 0 aliphatic carbocycles. The molecule has 0 aliphatic heterocycles. The number of hydrogen-bond donors (Lipinski definition) is 4. The zero-order valence-corrected chi connectivity index (χ0v) is 39.1. The van der Waals surface area contributed by atoms with E-state index >= 15 is 0 Å². The number of ketones is 2. The fourth-order valence-electron chi connectivity index (χ4n) is 5.98. The maximum absolute atomic E-state index is 11.3. The van der Waals surface area contributed by atoms with Gasteiger partial charge in [0, 0.05) is 45.9 Å². The summed E-state index contributed by atoms with van der Waals surface area (Å²) in [5.74, 6) is 0.0440. The number of allylic oxidation sites excluding steroid dienone is 1. The van der Waals surface area contributed by atoms with Crippen LogP contribution in [0.1, 0.15) is 55.4 Å². The number of aliphatic hydroxyl groups is 4. The van der Waals surface area contributed by atoms with E-state index in [1.165, 1.54) is 22.4 Å². The molecule has 1 unspecified atom stereocenters. The number of aryl methyl sites for hydroxylation is 2. The van der Waals surface area contributed by atoms with Crippen molar-refractivity contribution in [1.29, 1.82) is 0 Å². The third-order valence-electron chi connectivity index (χ3n) is 9.18. The van der Waals surface area contributed by atoms with Gasteiger partial charge in [-0.2, -0.15) is 22.7 Å². The molecule has 63 heavy (non-hydrogen) atoms. The quantitative estimate of drug-likeness (QED) is 0.0508. The van der Waals surface area contributed by atoms with Gasteiger partial charge >= 0.3 is 0 Å². The molecule has 0 amide bonds. The molecule has 1 atom stereocenters. The second-order valence-corrected chi connectivity index (χ2v) is 16.4. The van der Waals surface area contributed by atoms with Crippen LogP contribution in [0.3, 0.4) is 0 Å². The van der Waals surface area contributed by atoms with Gasteiger partial charge in [0.05, 0.1) is 42.5 Å². The topological polar surface area (TPSA) is 141 Å². The molecule has 8 aromatic rings. The van der Waals surface area contributed by atoms with Crippen LogP contribution in [0.4, 0.5) is 0 Å². The van der Waals surface area contributed by atoms with E-state index in [0.717, 1.165) is 60.9 Å². The molecule has 2 aromatic heterocycles. The molecule has 0 aliphatic rings. The van der Waals surface area contributed by atoms with E-state index in [2.05, 4.69) is 34.2 Å². The maximum atomic E-state index is 11.3. The molecule has 8 rings (SSSR count). The number of Topliss-reactive ketones (excluding diaryl/α,β-unsaturated/α-hetero) is 2. The number of hydrogen-bond acceptors (Lipinski definition) is 10. The molecule has 327 valence electrons. The fourth-order valence-corrected chi connectivity index (χ4v) is 7.88. The molecule has 0 spiro atoms. The van der Waals surface area contributed by atoms with Gasteiger partial charge in [-0.15, -0.1) is 71.8 Å². The van der Waals surface area contributed by atoms with E-state index in [1.54, 1.807) is 29.6 Å². The molecule has 0 saturated heterocycles. The molecular weight excluding hydrogens is 1000 g/mol. The molecule has 2 heterocycles. The zero-order valence-electron chi connectivity index (χ0n) is 35.1. The SMILES string of the molecule is CC(=O)CC(=O)CCc1ccc(CO)cc1.CC(O)=CC(O)CCc1ccc(CO)cc1.[Ir].[c-]1ccccc1-c1nc2ccccc2s1.[c-]1ccccc1-c1nc2ccccc2s1. The van der Waals surface area contributed by atoms with Crippen LogP contribution in [0.2, 0.25) is 0 Å². The minimum absolute atomic E-state index is 0. The van der Waals surface area contributed by atoms with Gasteiger partial charge < -0.3 is 20.4 Å². The van der Waals surface area contributed by atoms with Gasteiger partial charge in [0.15, 0.2) is 0 Å². The van der Waals surface area contributed by atoms with E-state index in [0.29, 0.717) is 19.3 Å². The maximum Gasteiger partial charge on any atom is 0.140 e. The van der Waals surface area contributed by atoms with Gasteiger partial charge in [0.2, 0.25) is 0 Å². The first-order chi connectivity index (χ1) is 30.1. The Morgan fingerprint density at radius 2 is 1.05 bits per heavy atom. The second-order valence-electron chi connectivity index (χ2n) is 14.3. The number of para-hydroxylation sites is 2. The summed E-state index contributed by atoms with van der Waals surface area (Å²) in [6.07, 6.45) is 3.24. The minimum Gasteiger partial charge on any atom is -0.513 e. The Labute approximate surface area is 390 Å². The number of benzene rings is 6. The zero-order chi connectivity index (χ0) is 44.1. The number of carbonyl (C=O) groups is 2. The largest absolute Gasteiger partial charge is 0.513 e. The third-order valence-corrected chi connectivity index (χ3v) is 11.3. The first-order valence-electron chi connectivity index (χ1n) is 20.2. The van der Waals surface area contributed by atoms with Gasteiger partial charge in [-0.3, -0.25) is 19.6 Å². The summed E-state index contributed by atoms with van der Waals surface area (Å²) in [5, 5.41) is 38.3. The monoisotopic (exact) mass is 1060 g/mol. The summed E-state index contributed by atoms with van der Waals surface area (Å²) in [6, 6.07) is 53.7. The second kappa shape index (κ2) is 26.9. The van der Waals surface area contributed by atoms with Crippen molar-refractivity contribution in [3.63, 3.8) is 0 Å². The van der Waals surface area contributed by atoms with Crippen molar-refractivity contribution < 1.29 is 50.1 Å². The summed E-state index contributed by atoms with van der Waals surface area (Å²) in [4.78, 5) is 31.1. The Morgan fingerprint density at radius 3 is 1.44 bits per heavy atom. The van der Waals surface area contributed by atoms with Crippen LogP contribution in [0.5, 0.6) is 0 Å². The number of thiazole rings is 2. The van der Waals surface area contributed by atoms with Crippen molar-refractivity contribution >= 4 is 54.7 Å². The number of rotatable bonds is 13. The fraction of sp³-hybridized carbons (Fsp3) is 0.192. The van der Waals surface area contributed by atoms with Gasteiger partial charge in [0.1, 0.15) is 11.6 Å². The predicted molar refractivity (Wildman–Crippen MR) is 252 cm³/mol. The summed E-state index contributed by atoms with van der Waals surface area (Å²) < 4.78 is 2.45. The Balaban J connectivity index is 0.000000183. The summed E-state index contributed by atoms with van der Waals surface area (Å²) >= 11 is 3.42. The smallest absolute Gasteiger partial charge is 0.140 e. The van der Waals surface area contributed by atoms with Crippen molar-refractivity contribution in [2.24, 2.45) is 0 Å². The summed E-state index contributed by atoms with van der Waals surface area (Å²) in [5.41, 5.74) is 8.17. The number of carbonyl (C=O) groups excluding carboxylic acids is 2. The average Bonchev–Trinajstić information content (AvgIpc) is 3.94. The van der Waals surface area contributed by atoms with Gasteiger partial charge in [-0.05, 0) is 85.7 Å². The molecule has 8 nitrogen and oxygen atoms in total. The van der Waals surface area contributed by atoms with Crippen molar-refractivity contribution in [2.75, 3.05) is 0 Å². The van der Waals surface area contributed by atoms with E-state index < -0.39 is 6.10 Å². The molecule has 0 bridgehead atoms. The average molecular weight is 1060 g/mol. The number of aromatic nitrogens is 2. The molecule has 0 saturated carbocycles. The Bertz CT molecular complexity index is 2430. The molecule has 1 radical (unpaired) electrons. The molecule has 4 N–H and O–H groups in total. The standard InChI is InChI=1S/2C13H8NS.C13H18O3.C13H16O3.Ir/c2*1-2-6-10(7-3-1)13-14-11-8-4-5-9-12(11)15-13;2*1-10(15)8-13(16)7-6-11-2-4-12(9-14)5-3-11;/h2*1-6,8-9H;2-5,8,13-16H,6-7,9H2,1H3;2-5,14H,6-9H2,1H3;/q2*-1;;;. The van der Waals surface area contributed by atoms with Crippen LogP contribution in [-0.4, -0.2) is 48.1 Å². The van der Waals surface area contributed by atoms with Crippen molar-refractivity contribution in [3.05, 3.63) is 192 Å². The number of nitrogens with zero attached hydrogens (tertiary/aromatic N) is 2. The first kappa shape index (κ1) is 50.2. The first-order valence-corrected chi connectivity index (χ1v) is 21.8. The van der Waals surface area contributed by atoms with Crippen LogP contribution in [0.25, 0.3) is 41.6 Å². The van der Waals surface area contributed by atoms with E-state index in [-0.39, 0.29) is 57.1 Å². The van der Waals surface area contributed by atoms with Gasteiger partial charge in [-0.1, -0.05) is 72.8 Å². The molecule has 0 fully saturated rings. The number of aliphatic hydroxyl groups excluding tert-OH is 4. The molecular formula is C52H50IrN2O6S2-2. The van der Waals surface area contributed by atoms with E-state index in [4.69, 9.17) is 15.3 Å². The van der Waals surface area contributed by atoms with E-state index in [9.17, 15) is 14.7 Å². The van der Waals surface area contributed by atoms with Crippen LogP contribution in [0.15, 0.2) is 157 Å². The van der Waals surface area contributed by atoms with Gasteiger partial charge in [-0.25, -0.2) is 0 Å². The van der Waals surface area contributed by atoms with Crippen LogP contribution in [-0.2, 0) is 55.7 Å². The Morgan fingerprint density at radius 1 is 0.619 bits per heavy atom. The molecule has 11 heteroatoms. The van der Waals surface area contributed by atoms with Crippen LogP contribution >= 0.6 is 22.7 Å². The van der Waals surface area contributed by atoms with Crippen molar-refractivity contribution in [1.82, 2.24) is 9.97 Å². The number of fused-ring (bicyclic) bond motifs is 2. The van der Waals surface area contributed by atoms with Crippen molar-refractivity contribution in [2.45, 2.75) is 65.3 Å². The Kier molecular flexibility index (Phi) is 21.4. The summed E-state index contributed by atoms with van der Waals surface area (Å²) in [6.45, 7) is 3.05. The third kappa shape index (κ3) is 17.3. The normalized spacial score (nSPS) is 11.2. The van der Waals surface area contributed by atoms with E-state index in [1.807, 2.05) is 133 Å². The molecule has 6 aromatic carbocycles.